The molecule has 0 saturated heterocycles. The van der Waals surface area contributed by atoms with Gasteiger partial charge in [-0.3, -0.25) is 10.1 Å². The molecule has 3 rings (SSSR count). The lowest BCUT2D eigenvalue weighted by Gasteiger charge is -2.23. The van der Waals surface area contributed by atoms with E-state index in [1.54, 1.807) is 12.1 Å². The molecule has 8 heteroatoms. The van der Waals surface area contributed by atoms with Gasteiger partial charge in [0.15, 0.2) is 0 Å². The first-order chi connectivity index (χ1) is 12.7. The zero-order valence-electron chi connectivity index (χ0n) is 14.8. The third-order valence-electron chi connectivity index (χ3n) is 4.39. The summed E-state index contributed by atoms with van der Waals surface area (Å²) in [4.78, 5) is 19.5. The van der Waals surface area contributed by atoms with Gasteiger partial charge in [-0.25, -0.2) is 9.97 Å². The first-order valence-electron chi connectivity index (χ1n) is 8.93. The summed E-state index contributed by atoms with van der Waals surface area (Å²) in [7, 11) is 0. The van der Waals surface area contributed by atoms with Crippen LogP contribution in [0.25, 0.3) is 0 Å². The van der Waals surface area contributed by atoms with E-state index in [1.165, 1.54) is 12.7 Å². The Kier molecular flexibility index (Phi) is 5.83. The quantitative estimate of drug-likeness (QED) is 0.563. The zero-order valence-corrected chi connectivity index (χ0v) is 14.8. The number of hydrogen-bond donors (Lipinski definition) is 2. The Balaban J connectivity index is 1.89. The van der Waals surface area contributed by atoms with Gasteiger partial charge in [0, 0.05) is 6.04 Å². The van der Waals surface area contributed by atoms with E-state index in [0.29, 0.717) is 18.0 Å². The minimum absolute atomic E-state index is 0.149. The summed E-state index contributed by atoms with van der Waals surface area (Å²) in [5.74, 6) is 1.02. The molecule has 0 bridgehead atoms. The SMILES string of the molecule is CCOc1ccccc1Nc1ncnc(NC2CCCCC2)c1[N+](=O)[O-]. The van der Waals surface area contributed by atoms with Crippen molar-refractivity contribution in [1.29, 1.82) is 0 Å². The highest BCUT2D eigenvalue weighted by molar-refractivity contribution is 5.75. The van der Waals surface area contributed by atoms with Gasteiger partial charge in [-0.15, -0.1) is 0 Å². The minimum Gasteiger partial charge on any atom is -0.492 e. The molecule has 2 aromatic rings. The van der Waals surface area contributed by atoms with Gasteiger partial charge in [0.1, 0.15) is 12.1 Å². The molecule has 0 amide bonds. The molecular weight excluding hydrogens is 334 g/mol. The Morgan fingerprint density at radius 1 is 1.19 bits per heavy atom. The van der Waals surface area contributed by atoms with Gasteiger partial charge in [0.25, 0.3) is 0 Å². The molecule has 2 N–H and O–H groups in total. The third-order valence-corrected chi connectivity index (χ3v) is 4.39. The highest BCUT2D eigenvalue weighted by atomic mass is 16.6. The van der Waals surface area contributed by atoms with Crippen LogP contribution in [-0.4, -0.2) is 27.5 Å². The summed E-state index contributed by atoms with van der Waals surface area (Å²) in [5.41, 5.74) is 0.476. The van der Waals surface area contributed by atoms with Gasteiger partial charge < -0.3 is 15.4 Å². The fraction of sp³-hybridized carbons (Fsp3) is 0.444. The lowest BCUT2D eigenvalue weighted by molar-refractivity contribution is -0.383. The Morgan fingerprint density at radius 3 is 2.65 bits per heavy atom. The second kappa shape index (κ2) is 8.46. The van der Waals surface area contributed by atoms with Gasteiger partial charge in [-0.2, -0.15) is 0 Å². The Labute approximate surface area is 152 Å². The average molecular weight is 357 g/mol. The smallest absolute Gasteiger partial charge is 0.353 e. The largest absolute Gasteiger partial charge is 0.492 e. The van der Waals surface area contributed by atoms with E-state index in [2.05, 4.69) is 20.6 Å². The van der Waals surface area contributed by atoms with Gasteiger partial charge in [0.2, 0.25) is 11.6 Å². The normalized spacial score (nSPS) is 14.7. The lowest BCUT2D eigenvalue weighted by Crippen LogP contribution is -2.23. The van der Waals surface area contributed by atoms with Crippen molar-refractivity contribution in [3.8, 4) is 5.75 Å². The fourth-order valence-corrected chi connectivity index (χ4v) is 3.17. The van der Waals surface area contributed by atoms with E-state index in [9.17, 15) is 10.1 Å². The van der Waals surface area contributed by atoms with Crippen LogP contribution in [0.5, 0.6) is 5.75 Å². The molecular formula is C18H23N5O3. The number of rotatable bonds is 7. The number of aromatic nitrogens is 2. The van der Waals surface area contributed by atoms with Crippen LogP contribution in [0.2, 0.25) is 0 Å². The van der Waals surface area contributed by atoms with Gasteiger partial charge in [0.05, 0.1) is 17.2 Å². The predicted octanol–water partition coefficient (Wildman–Crippen LogP) is 4.27. The Morgan fingerprint density at radius 2 is 1.92 bits per heavy atom. The number of benzene rings is 1. The molecule has 1 aromatic heterocycles. The number of para-hydroxylation sites is 2. The maximum absolute atomic E-state index is 11.7. The molecule has 8 nitrogen and oxygen atoms in total. The molecule has 0 atom stereocenters. The summed E-state index contributed by atoms with van der Waals surface area (Å²) in [6.07, 6.45) is 6.80. The third kappa shape index (κ3) is 4.19. The first kappa shape index (κ1) is 17.9. The number of ether oxygens (including phenoxy) is 1. The summed E-state index contributed by atoms with van der Waals surface area (Å²) in [5, 5.41) is 18.0. The van der Waals surface area contributed by atoms with Crippen LogP contribution >= 0.6 is 0 Å². The molecule has 1 aromatic carbocycles. The van der Waals surface area contributed by atoms with Crippen molar-refractivity contribution in [2.75, 3.05) is 17.2 Å². The number of nitrogens with one attached hydrogen (secondary N) is 2. The molecule has 0 spiro atoms. The van der Waals surface area contributed by atoms with Crippen molar-refractivity contribution in [2.24, 2.45) is 0 Å². The number of nitro groups is 1. The second-order valence-corrected chi connectivity index (χ2v) is 6.21. The number of nitrogens with zero attached hydrogens (tertiary/aromatic N) is 3. The molecule has 0 radical (unpaired) electrons. The molecule has 1 fully saturated rings. The van der Waals surface area contributed by atoms with Crippen LogP contribution in [-0.2, 0) is 0 Å². The maximum atomic E-state index is 11.7. The monoisotopic (exact) mass is 357 g/mol. The van der Waals surface area contributed by atoms with E-state index in [1.807, 2.05) is 19.1 Å². The van der Waals surface area contributed by atoms with Gasteiger partial charge >= 0.3 is 5.69 Å². The van der Waals surface area contributed by atoms with Crippen molar-refractivity contribution >= 4 is 23.0 Å². The Bertz CT molecular complexity index is 762. The van der Waals surface area contributed by atoms with E-state index in [4.69, 9.17) is 4.74 Å². The van der Waals surface area contributed by atoms with E-state index < -0.39 is 4.92 Å². The van der Waals surface area contributed by atoms with Crippen LogP contribution in [0.1, 0.15) is 39.0 Å². The van der Waals surface area contributed by atoms with Crippen molar-refractivity contribution in [1.82, 2.24) is 9.97 Å². The average Bonchev–Trinajstić information content (AvgIpc) is 2.64. The van der Waals surface area contributed by atoms with Crippen LogP contribution in [0.15, 0.2) is 30.6 Å². The van der Waals surface area contributed by atoms with Gasteiger partial charge in [-0.1, -0.05) is 31.4 Å². The van der Waals surface area contributed by atoms with Crippen LogP contribution in [0, 0.1) is 10.1 Å². The summed E-state index contributed by atoms with van der Waals surface area (Å²) < 4.78 is 5.57. The molecule has 1 aliphatic carbocycles. The molecule has 0 aliphatic heterocycles. The van der Waals surface area contributed by atoms with Crippen LogP contribution in [0.3, 0.4) is 0 Å². The second-order valence-electron chi connectivity index (χ2n) is 6.21. The Hall–Kier alpha value is -2.90. The summed E-state index contributed by atoms with van der Waals surface area (Å²) in [6.45, 7) is 2.38. The number of hydrogen-bond acceptors (Lipinski definition) is 7. The predicted molar refractivity (Wildman–Crippen MR) is 100 cm³/mol. The zero-order chi connectivity index (χ0) is 18.4. The molecule has 0 unspecified atom stereocenters. The fourth-order valence-electron chi connectivity index (χ4n) is 3.17. The standard InChI is InChI=1S/C18H23N5O3/c1-2-26-15-11-7-6-10-14(15)22-18-16(23(24)25)17(19-12-20-18)21-13-8-4-3-5-9-13/h6-7,10-13H,2-5,8-9H2,1H3,(H2,19,20,21,22). The molecule has 138 valence electrons. The topological polar surface area (TPSA) is 102 Å². The first-order valence-corrected chi connectivity index (χ1v) is 8.93. The van der Waals surface area contributed by atoms with Crippen molar-refractivity contribution in [3.63, 3.8) is 0 Å². The molecule has 1 saturated carbocycles. The molecule has 26 heavy (non-hydrogen) atoms. The van der Waals surface area contributed by atoms with Crippen molar-refractivity contribution < 1.29 is 9.66 Å². The molecule has 1 aliphatic rings. The molecule has 1 heterocycles. The van der Waals surface area contributed by atoms with E-state index in [-0.39, 0.29) is 23.4 Å². The summed E-state index contributed by atoms with van der Waals surface area (Å²) in [6, 6.07) is 7.49. The van der Waals surface area contributed by atoms with E-state index >= 15 is 0 Å². The highest BCUT2D eigenvalue weighted by Crippen LogP contribution is 2.35. The minimum atomic E-state index is -0.448. The van der Waals surface area contributed by atoms with E-state index in [0.717, 1.165) is 25.7 Å². The van der Waals surface area contributed by atoms with Crippen molar-refractivity contribution in [3.05, 3.63) is 40.7 Å². The van der Waals surface area contributed by atoms with Crippen LogP contribution < -0.4 is 15.4 Å². The van der Waals surface area contributed by atoms with Crippen molar-refractivity contribution in [2.45, 2.75) is 45.1 Å². The maximum Gasteiger partial charge on any atom is 0.353 e. The highest BCUT2D eigenvalue weighted by Gasteiger charge is 2.26. The number of anilines is 3. The van der Waals surface area contributed by atoms with Gasteiger partial charge in [-0.05, 0) is 31.9 Å². The van der Waals surface area contributed by atoms with Crippen LogP contribution in [0.4, 0.5) is 23.0 Å². The summed E-state index contributed by atoms with van der Waals surface area (Å²) >= 11 is 0. The lowest BCUT2D eigenvalue weighted by atomic mass is 9.95.